The normalized spacial score (nSPS) is 12.8. The van der Waals surface area contributed by atoms with Crippen LogP contribution in [0.25, 0.3) is 0 Å². The highest BCUT2D eigenvalue weighted by Gasteiger charge is 2.13. The highest BCUT2D eigenvalue weighted by Crippen LogP contribution is 2.14. The lowest BCUT2D eigenvalue weighted by atomic mass is 10.1. The van der Waals surface area contributed by atoms with Gasteiger partial charge in [0.25, 0.3) is 0 Å². The van der Waals surface area contributed by atoms with Gasteiger partial charge in [0.1, 0.15) is 18.2 Å². The van der Waals surface area contributed by atoms with Crippen LogP contribution >= 0.6 is 11.6 Å². The molecule has 0 saturated carbocycles. The molecule has 0 saturated heterocycles. The van der Waals surface area contributed by atoms with Crippen molar-refractivity contribution in [3.63, 3.8) is 0 Å². The summed E-state index contributed by atoms with van der Waals surface area (Å²) in [6.07, 6.45) is 2.93. The van der Waals surface area contributed by atoms with E-state index in [1.165, 1.54) is 12.4 Å². The summed E-state index contributed by atoms with van der Waals surface area (Å²) in [5.74, 6) is 0.861. The molecule has 0 aliphatic heterocycles. The molecule has 0 N–H and O–H groups in total. The van der Waals surface area contributed by atoms with Crippen LogP contribution in [0.3, 0.4) is 0 Å². The van der Waals surface area contributed by atoms with Gasteiger partial charge in [0, 0.05) is 11.8 Å². The Kier molecular flexibility index (Phi) is 3.96. The zero-order valence-corrected chi connectivity index (χ0v) is 9.31. The average Bonchev–Trinajstić information content (AvgIpc) is 2.18. The molecule has 1 heterocycles. The molecule has 6 heteroatoms. The summed E-state index contributed by atoms with van der Waals surface area (Å²) < 4.78 is 0. The monoisotopic (exact) mass is 229 g/mol. The van der Waals surface area contributed by atoms with E-state index in [4.69, 9.17) is 11.6 Å². The Morgan fingerprint density at radius 2 is 2.00 bits per heavy atom. The number of aromatic nitrogens is 2. The Hall–Kier alpha value is -1.23. The molecule has 0 radical (unpaired) electrons. The fourth-order valence-electron chi connectivity index (χ4n) is 0.958. The summed E-state index contributed by atoms with van der Waals surface area (Å²) in [6.45, 7) is 4.01. The topological polar surface area (TPSA) is 68.9 Å². The zero-order chi connectivity index (χ0) is 11.4. The summed E-state index contributed by atoms with van der Waals surface area (Å²) in [6, 6.07) is 0. The maximum absolute atomic E-state index is 10.3. The van der Waals surface area contributed by atoms with Crippen LogP contribution in [-0.4, -0.2) is 20.3 Å². The summed E-state index contributed by atoms with van der Waals surface area (Å²) in [5, 5.41) is 10.3. The van der Waals surface area contributed by atoms with Crippen LogP contribution in [0.2, 0.25) is 0 Å². The lowest BCUT2D eigenvalue weighted by molar-refractivity contribution is -0.385. The Bertz CT molecular complexity index is 340. The Morgan fingerprint density at radius 3 is 2.40 bits per heavy atom. The van der Waals surface area contributed by atoms with E-state index in [1.54, 1.807) is 0 Å². The van der Waals surface area contributed by atoms with Crippen LogP contribution in [0.5, 0.6) is 0 Å². The van der Waals surface area contributed by atoms with Gasteiger partial charge in [-0.05, 0) is 5.92 Å². The van der Waals surface area contributed by atoms with Crippen molar-refractivity contribution in [1.29, 1.82) is 0 Å². The van der Waals surface area contributed by atoms with Crippen molar-refractivity contribution in [2.24, 2.45) is 5.92 Å². The smallest absolute Gasteiger partial charge is 0.258 e. The average molecular weight is 230 g/mol. The van der Waals surface area contributed by atoms with Gasteiger partial charge in [0.05, 0.1) is 4.92 Å². The number of hydrogen-bond donors (Lipinski definition) is 0. The van der Waals surface area contributed by atoms with Gasteiger partial charge in [0.2, 0.25) is 0 Å². The van der Waals surface area contributed by atoms with E-state index in [0.717, 1.165) is 0 Å². The Morgan fingerprint density at radius 1 is 1.47 bits per heavy atom. The molecule has 0 fully saturated rings. The second kappa shape index (κ2) is 5.02. The van der Waals surface area contributed by atoms with Crippen LogP contribution < -0.4 is 0 Å². The first-order chi connectivity index (χ1) is 7.00. The van der Waals surface area contributed by atoms with Gasteiger partial charge in [-0.15, -0.1) is 11.6 Å². The number of hydrogen-bond acceptors (Lipinski definition) is 4. The molecular formula is C9H12ClN3O2. The summed E-state index contributed by atoms with van der Waals surface area (Å²) in [7, 11) is 0. The van der Waals surface area contributed by atoms with Gasteiger partial charge in [0.15, 0.2) is 0 Å². The molecule has 1 atom stereocenters. The molecule has 15 heavy (non-hydrogen) atoms. The lowest BCUT2D eigenvalue weighted by Gasteiger charge is -2.11. The number of nitro groups is 1. The molecule has 1 unspecified atom stereocenters. The van der Waals surface area contributed by atoms with E-state index in [1.807, 2.05) is 13.8 Å². The standard InChI is InChI=1S/C9H12ClN3O2/c1-6(2)8(10)3-9-11-4-7(5-12-9)13(14)15/h4-6,8H,3H2,1-2H3. The fraction of sp³-hybridized carbons (Fsp3) is 0.556. The molecule has 82 valence electrons. The number of alkyl halides is 1. The minimum Gasteiger partial charge on any atom is -0.258 e. The van der Waals surface area contributed by atoms with Gasteiger partial charge in [-0.3, -0.25) is 10.1 Å². The maximum atomic E-state index is 10.3. The quantitative estimate of drug-likeness (QED) is 0.451. The first kappa shape index (κ1) is 11.8. The largest absolute Gasteiger partial charge is 0.305 e. The van der Waals surface area contributed by atoms with Crippen molar-refractivity contribution in [2.45, 2.75) is 25.6 Å². The fourth-order valence-corrected chi connectivity index (χ4v) is 1.10. The van der Waals surface area contributed by atoms with E-state index in [2.05, 4.69) is 9.97 Å². The molecule has 0 bridgehead atoms. The van der Waals surface area contributed by atoms with E-state index >= 15 is 0 Å². The Labute approximate surface area is 92.7 Å². The van der Waals surface area contributed by atoms with Crippen molar-refractivity contribution in [3.05, 3.63) is 28.3 Å². The van der Waals surface area contributed by atoms with Crippen LogP contribution in [0, 0.1) is 16.0 Å². The third-order valence-corrected chi connectivity index (χ3v) is 2.66. The molecule has 1 rings (SSSR count). The number of rotatable bonds is 4. The van der Waals surface area contributed by atoms with Gasteiger partial charge in [-0.1, -0.05) is 13.8 Å². The van der Waals surface area contributed by atoms with E-state index in [9.17, 15) is 10.1 Å². The van der Waals surface area contributed by atoms with Crippen molar-refractivity contribution in [1.82, 2.24) is 9.97 Å². The number of halogens is 1. The predicted octanol–water partition coefficient (Wildman–Crippen LogP) is 2.19. The minimum atomic E-state index is -0.523. The molecule has 0 aliphatic rings. The van der Waals surface area contributed by atoms with Gasteiger partial charge in [-0.2, -0.15) is 0 Å². The van der Waals surface area contributed by atoms with Crippen LogP contribution in [0.15, 0.2) is 12.4 Å². The molecule has 1 aromatic rings. The van der Waals surface area contributed by atoms with E-state index in [-0.39, 0.29) is 11.1 Å². The molecule has 5 nitrogen and oxygen atoms in total. The first-order valence-corrected chi connectivity index (χ1v) is 5.03. The molecule has 0 spiro atoms. The predicted molar refractivity (Wildman–Crippen MR) is 56.9 cm³/mol. The second-order valence-corrected chi connectivity index (χ2v) is 4.14. The second-order valence-electron chi connectivity index (χ2n) is 3.58. The molecule has 0 aromatic carbocycles. The van der Waals surface area contributed by atoms with Crippen molar-refractivity contribution < 1.29 is 4.92 Å². The Balaban J connectivity index is 2.68. The van der Waals surface area contributed by atoms with Crippen molar-refractivity contribution in [2.75, 3.05) is 0 Å². The molecule has 0 aliphatic carbocycles. The van der Waals surface area contributed by atoms with Crippen molar-refractivity contribution >= 4 is 17.3 Å². The van der Waals surface area contributed by atoms with E-state index < -0.39 is 4.92 Å². The van der Waals surface area contributed by atoms with Gasteiger partial charge >= 0.3 is 5.69 Å². The molecular weight excluding hydrogens is 218 g/mol. The van der Waals surface area contributed by atoms with Crippen LogP contribution in [0.1, 0.15) is 19.7 Å². The zero-order valence-electron chi connectivity index (χ0n) is 8.55. The van der Waals surface area contributed by atoms with E-state index in [0.29, 0.717) is 18.2 Å². The molecule has 1 aromatic heterocycles. The van der Waals surface area contributed by atoms with Gasteiger partial charge in [-0.25, -0.2) is 9.97 Å². The third-order valence-electron chi connectivity index (χ3n) is 2.00. The highest BCUT2D eigenvalue weighted by atomic mass is 35.5. The summed E-state index contributed by atoms with van der Waals surface area (Å²) in [5.41, 5.74) is -0.102. The van der Waals surface area contributed by atoms with Crippen LogP contribution in [0.4, 0.5) is 5.69 Å². The number of nitrogens with zero attached hydrogens (tertiary/aromatic N) is 3. The SMILES string of the molecule is CC(C)C(Cl)Cc1ncc([N+](=O)[O-])cn1. The molecule has 0 amide bonds. The maximum Gasteiger partial charge on any atom is 0.305 e. The summed E-state index contributed by atoms with van der Waals surface area (Å²) in [4.78, 5) is 17.6. The highest BCUT2D eigenvalue weighted by molar-refractivity contribution is 6.20. The van der Waals surface area contributed by atoms with Crippen molar-refractivity contribution in [3.8, 4) is 0 Å². The van der Waals surface area contributed by atoms with Crippen LogP contribution in [-0.2, 0) is 6.42 Å². The third kappa shape index (κ3) is 3.43. The first-order valence-electron chi connectivity index (χ1n) is 4.60. The minimum absolute atomic E-state index is 0.0496. The summed E-state index contributed by atoms with van der Waals surface area (Å²) >= 11 is 6.04. The lowest BCUT2D eigenvalue weighted by Crippen LogP contribution is -2.13. The van der Waals surface area contributed by atoms with Gasteiger partial charge < -0.3 is 0 Å².